The molecule has 0 spiro atoms. The van der Waals surface area contributed by atoms with Crippen LogP contribution in [0.5, 0.6) is 0 Å². The summed E-state index contributed by atoms with van der Waals surface area (Å²) in [5.41, 5.74) is 0.476. The van der Waals surface area contributed by atoms with Gasteiger partial charge in [-0.3, -0.25) is 0 Å². The fraction of sp³-hybridized carbons (Fsp3) is 0.727. The van der Waals surface area contributed by atoms with Crippen LogP contribution in [-0.4, -0.2) is 24.7 Å². The Balaban J connectivity index is 3.06. The number of hydrogen-bond donors (Lipinski definition) is 0. The minimum absolute atomic E-state index is 0.0926. The van der Waals surface area contributed by atoms with Gasteiger partial charge >= 0.3 is 0 Å². The lowest BCUT2D eigenvalue weighted by atomic mass is 9.70. The predicted molar refractivity (Wildman–Crippen MR) is 61.4 cm³/mol. The summed E-state index contributed by atoms with van der Waals surface area (Å²) < 4.78 is 5.76. The third-order valence-electron chi connectivity index (χ3n) is 3.56. The third kappa shape index (κ3) is 1.55. The topological polar surface area (TPSA) is 26.3 Å². The van der Waals surface area contributed by atoms with Crippen molar-refractivity contribution in [3.05, 3.63) is 12.2 Å². The molecule has 1 heterocycles. The molecule has 0 saturated carbocycles. The van der Waals surface area contributed by atoms with Crippen LogP contribution in [0.1, 0.15) is 20.8 Å². The molecular formula is C11H19O2P. The van der Waals surface area contributed by atoms with Crippen molar-refractivity contribution in [1.29, 1.82) is 0 Å². The number of aldehydes is 1. The lowest BCUT2D eigenvalue weighted by Crippen LogP contribution is -2.40. The zero-order chi connectivity index (χ0) is 11.0. The van der Waals surface area contributed by atoms with E-state index in [2.05, 4.69) is 22.7 Å². The highest BCUT2D eigenvalue weighted by molar-refractivity contribution is 7.16. The zero-order valence-corrected chi connectivity index (χ0v) is 10.3. The Labute approximate surface area is 88.3 Å². The molecule has 0 bridgehead atoms. The first-order chi connectivity index (χ1) is 6.40. The number of carbonyl (C=O) groups excluding carboxylic acids is 1. The number of hydrogen-bond acceptors (Lipinski definition) is 2. The molecule has 3 heteroatoms. The fourth-order valence-electron chi connectivity index (χ4n) is 2.04. The Hall–Kier alpha value is -0.200. The summed E-state index contributed by atoms with van der Waals surface area (Å²) >= 11 is 0. The van der Waals surface area contributed by atoms with Crippen molar-refractivity contribution in [3.63, 3.8) is 0 Å². The molecule has 1 aliphatic heterocycles. The van der Waals surface area contributed by atoms with Gasteiger partial charge in [-0.2, -0.15) is 0 Å². The molecule has 4 unspecified atom stereocenters. The van der Waals surface area contributed by atoms with Gasteiger partial charge in [0.1, 0.15) is 6.29 Å². The average molecular weight is 214 g/mol. The van der Waals surface area contributed by atoms with Gasteiger partial charge in [-0.25, -0.2) is 0 Å². The van der Waals surface area contributed by atoms with Crippen molar-refractivity contribution in [3.8, 4) is 0 Å². The first-order valence-electron chi connectivity index (χ1n) is 4.86. The van der Waals surface area contributed by atoms with Crippen molar-refractivity contribution in [2.24, 2.45) is 11.3 Å². The summed E-state index contributed by atoms with van der Waals surface area (Å²) in [6, 6.07) is 0. The van der Waals surface area contributed by atoms with Crippen LogP contribution in [0.2, 0.25) is 0 Å². The first kappa shape index (κ1) is 11.9. The van der Waals surface area contributed by atoms with Gasteiger partial charge in [-0.15, -0.1) is 9.24 Å². The summed E-state index contributed by atoms with van der Waals surface area (Å²) in [6.45, 7) is 10.6. The van der Waals surface area contributed by atoms with Gasteiger partial charge in [0.25, 0.3) is 0 Å². The van der Waals surface area contributed by atoms with E-state index in [1.807, 2.05) is 13.8 Å². The average Bonchev–Trinajstić information content (AvgIpc) is 2.41. The molecule has 0 aromatic heterocycles. The molecule has 0 amide bonds. The Bertz CT molecular complexity index is 264. The van der Waals surface area contributed by atoms with Crippen LogP contribution < -0.4 is 0 Å². The molecule has 0 N–H and O–H groups in total. The number of rotatable bonds is 3. The molecule has 0 aliphatic carbocycles. The van der Waals surface area contributed by atoms with Crippen molar-refractivity contribution in [1.82, 2.24) is 0 Å². The quantitative estimate of drug-likeness (QED) is 0.408. The molecular weight excluding hydrogens is 195 g/mol. The second-order valence-corrected chi connectivity index (χ2v) is 5.03. The maximum Gasteiger partial charge on any atom is 0.126 e. The maximum absolute atomic E-state index is 11.2. The molecule has 14 heavy (non-hydrogen) atoms. The molecule has 1 aliphatic rings. The number of carbonyl (C=O) groups is 1. The summed E-state index contributed by atoms with van der Waals surface area (Å²) in [7, 11) is 2.65. The van der Waals surface area contributed by atoms with E-state index >= 15 is 0 Å². The Morgan fingerprint density at radius 3 is 2.64 bits per heavy atom. The van der Waals surface area contributed by atoms with Crippen molar-refractivity contribution in [2.45, 2.75) is 26.4 Å². The molecule has 80 valence electrons. The second-order valence-electron chi connectivity index (χ2n) is 4.62. The highest BCUT2D eigenvalue weighted by Gasteiger charge is 2.53. The van der Waals surface area contributed by atoms with E-state index in [0.29, 0.717) is 6.61 Å². The summed E-state index contributed by atoms with van der Waals surface area (Å²) in [5, 5.41) is 0. The third-order valence-corrected chi connectivity index (χ3v) is 4.37. The van der Waals surface area contributed by atoms with E-state index in [-0.39, 0.29) is 16.9 Å². The van der Waals surface area contributed by atoms with Gasteiger partial charge in [-0.1, -0.05) is 19.1 Å². The van der Waals surface area contributed by atoms with Gasteiger partial charge in [0.05, 0.1) is 18.1 Å². The molecule has 1 saturated heterocycles. The minimum atomic E-state index is -0.347. The van der Waals surface area contributed by atoms with Crippen LogP contribution in [0, 0.1) is 11.3 Å². The van der Waals surface area contributed by atoms with E-state index in [4.69, 9.17) is 4.74 Å². The molecule has 0 aromatic rings. The highest BCUT2D eigenvalue weighted by Crippen LogP contribution is 2.48. The molecule has 0 radical (unpaired) electrons. The monoisotopic (exact) mass is 214 g/mol. The van der Waals surface area contributed by atoms with E-state index in [1.54, 1.807) is 0 Å². The van der Waals surface area contributed by atoms with E-state index < -0.39 is 0 Å². The van der Waals surface area contributed by atoms with Gasteiger partial charge in [0.2, 0.25) is 0 Å². The van der Waals surface area contributed by atoms with Crippen LogP contribution >= 0.6 is 9.24 Å². The molecule has 0 aromatic carbocycles. The standard InChI is InChI=1S/C11H19O2P/c1-8(2)10(3)6-13-11(4,7-14)9(10)5-12/h5,9H,1,6-7,14H2,2-4H3. The molecule has 4 atom stereocenters. The smallest absolute Gasteiger partial charge is 0.126 e. The highest BCUT2D eigenvalue weighted by atomic mass is 31.0. The second kappa shape index (κ2) is 3.75. The van der Waals surface area contributed by atoms with Gasteiger partial charge in [0, 0.05) is 5.41 Å². The van der Waals surface area contributed by atoms with Crippen LogP contribution in [0.4, 0.5) is 0 Å². The van der Waals surface area contributed by atoms with Crippen LogP contribution in [0.3, 0.4) is 0 Å². The van der Waals surface area contributed by atoms with Gasteiger partial charge in [-0.05, 0) is 20.0 Å². The first-order valence-corrected chi connectivity index (χ1v) is 5.67. The van der Waals surface area contributed by atoms with Crippen LogP contribution in [0.15, 0.2) is 12.2 Å². The molecule has 2 nitrogen and oxygen atoms in total. The summed E-state index contributed by atoms with van der Waals surface area (Å²) in [4.78, 5) is 11.2. The summed E-state index contributed by atoms with van der Waals surface area (Å²) in [5.74, 6) is -0.0926. The van der Waals surface area contributed by atoms with Crippen LogP contribution in [0.25, 0.3) is 0 Å². The Morgan fingerprint density at radius 2 is 2.29 bits per heavy atom. The Kier molecular flexibility index (Phi) is 3.18. The predicted octanol–water partition coefficient (Wildman–Crippen LogP) is 2.05. The number of ether oxygens (including phenoxy) is 1. The van der Waals surface area contributed by atoms with E-state index in [0.717, 1.165) is 18.0 Å². The van der Waals surface area contributed by atoms with Gasteiger partial charge < -0.3 is 9.53 Å². The fourth-order valence-corrected chi connectivity index (χ4v) is 2.41. The molecule has 1 rings (SSSR count). The zero-order valence-electron chi connectivity index (χ0n) is 9.17. The lowest BCUT2D eigenvalue weighted by molar-refractivity contribution is -0.116. The van der Waals surface area contributed by atoms with Crippen molar-refractivity contribution in [2.75, 3.05) is 12.8 Å². The largest absolute Gasteiger partial charge is 0.373 e. The lowest BCUT2D eigenvalue weighted by Gasteiger charge is -2.33. The SMILES string of the molecule is C=C(C)C1(C)COC(C)(CP)C1C=O. The molecule has 1 fully saturated rings. The van der Waals surface area contributed by atoms with Crippen molar-refractivity contribution >= 4 is 15.5 Å². The van der Waals surface area contributed by atoms with E-state index in [9.17, 15) is 4.79 Å². The maximum atomic E-state index is 11.2. The van der Waals surface area contributed by atoms with Gasteiger partial charge in [0.15, 0.2) is 0 Å². The van der Waals surface area contributed by atoms with E-state index in [1.165, 1.54) is 0 Å². The Morgan fingerprint density at radius 1 is 1.71 bits per heavy atom. The summed E-state index contributed by atoms with van der Waals surface area (Å²) in [6.07, 6.45) is 1.80. The van der Waals surface area contributed by atoms with Crippen LogP contribution in [-0.2, 0) is 9.53 Å². The normalized spacial score (nSPS) is 42.4. The van der Waals surface area contributed by atoms with Crippen molar-refractivity contribution < 1.29 is 9.53 Å². The minimum Gasteiger partial charge on any atom is -0.373 e.